The topological polar surface area (TPSA) is 134 Å². The lowest BCUT2D eigenvalue weighted by molar-refractivity contribution is 0.0953. The minimum Gasteiger partial charge on any atom is -0.370 e. The first kappa shape index (κ1) is 26.6. The number of urea groups is 1. The molecular formula is C27H35N7O2. The second-order valence-corrected chi connectivity index (χ2v) is 8.33. The summed E-state index contributed by atoms with van der Waals surface area (Å²) in [6.45, 7) is 4.34. The first-order valence-corrected chi connectivity index (χ1v) is 12.4. The van der Waals surface area contributed by atoms with Gasteiger partial charge < -0.3 is 27.0 Å². The minimum atomic E-state index is -0.297. The van der Waals surface area contributed by atoms with Crippen molar-refractivity contribution >= 4 is 23.4 Å². The Bertz CT molecular complexity index is 1100. The molecule has 0 radical (unpaired) electrons. The van der Waals surface area contributed by atoms with Gasteiger partial charge in [0, 0.05) is 43.3 Å². The number of hydrogen-bond donors (Lipinski definition) is 5. The van der Waals surface area contributed by atoms with Crippen LogP contribution in [-0.4, -0.2) is 41.5 Å². The fraction of sp³-hybridized carbons (Fsp3) is 0.333. The highest BCUT2D eigenvalue weighted by molar-refractivity contribution is 5.99. The smallest absolute Gasteiger partial charge is 0.319 e. The Kier molecular flexibility index (Phi) is 10.7. The second kappa shape index (κ2) is 14.4. The molecule has 1 aromatic carbocycles. The number of unbranched alkanes of at least 4 members (excludes halogenated alkanes) is 3. The lowest BCUT2D eigenvalue weighted by Gasteiger charge is -2.13. The summed E-state index contributed by atoms with van der Waals surface area (Å²) in [5.74, 6) is 0.410. The monoisotopic (exact) mass is 489 g/mol. The molecule has 3 rings (SSSR count). The Labute approximate surface area is 212 Å². The summed E-state index contributed by atoms with van der Waals surface area (Å²) in [5.41, 5.74) is 9.23. The largest absolute Gasteiger partial charge is 0.370 e. The van der Waals surface area contributed by atoms with Crippen LogP contribution < -0.4 is 27.0 Å². The molecule has 0 spiro atoms. The Morgan fingerprint density at radius 3 is 2.47 bits per heavy atom. The molecule has 0 bridgehead atoms. The summed E-state index contributed by atoms with van der Waals surface area (Å²) in [6, 6.07) is 14.5. The number of pyridine rings is 2. The highest BCUT2D eigenvalue weighted by Crippen LogP contribution is 2.23. The van der Waals surface area contributed by atoms with Crippen LogP contribution in [0, 0.1) is 0 Å². The molecule has 0 fully saturated rings. The molecule has 36 heavy (non-hydrogen) atoms. The van der Waals surface area contributed by atoms with Crippen LogP contribution >= 0.6 is 0 Å². The van der Waals surface area contributed by atoms with E-state index in [4.69, 9.17) is 5.73 Å². The number of hydrogen-bond acceptors (Lipinski definition) is 6. The predicted molar refractivity (Wildman–Crippen MR) is 144 cm³/mol. The quantitative estimate of drug-likeness (QED) is 0.229. The van der Waals surface area contributed by atoms with Crippen molar-refractivity contribution in [2.45, 2.75) is 39.2 Å². The summed E-state index contributed by atoms with van der Waals surface area (Å²) >= 11 is 0. The van der Waals surface area contributed by atoms with E-state index in [9.17, 15) is 9.59 Å². The van der Waals surface area contributed by atoms with Crippen molar-refractivity contribution in [1.29, 1.82) is 0 Å². The molecule has 0 saturated heterocycles. The molecule has 0 atom stereocenters. The number of anilines is 2. The number of nitrogens with zero attached hydrogens (tertiary/aromatic N) is 2. The van der Waals surface area contributed by atoms with E-state index in [1.54, 1.807) is 18.5 Å². The van der Waals surface area contributed by atoms with Crippen LogP contribution in [0.2, 0.25) is 0 Å². The summed E-state index contributed by atoms with van der Waals surface area (Å²) in [4.78, 5) is 33.6. The Morgan fingerprint density at radius 1 is 0.944 bits per heavy atom. The Balaban J connectivity index is 1.58. The van der Waals surface area contributed by atoms with Crippen LogP contribution in [0.15, 0.2) is 60.9 Å². The Hall–Kier alpha value is -3.98. The fourth-order valence-corrected chi connectivity index (χ4v) is 3.61. The number of nitrogens with two attached hydrogens (primary N) is 1. The highest BCUT2D eigenvalue weighted by atomic mass is 16.2. The summed E-state index contributed by atoms with van der Waals surface area (Å²) in [5, 5.41) is 11.8. The second-order valence-electron chi connectivity index (χ2n) is 8.33. The van der Waals surface area contributed by atoms with E-state index < -0.39 is 0 Å². The van der Waals surface area contributed by atoms with Gasteiger partial charge in [-0.05, 0) is 62.2 Å². The predicted octanol–water partition coefficient (Wildman–Crippen LogP) is 4.15. The van der Waals surface area contributed by atoms with Crippen LogP contribution in [0.25, 0.3) is 11.3 Å². The van der Waals surface area contributed by atoms with Gasteiger partial charge in [0.05, 0.1) is 11.3 Å². The molecule has 6 N–H and O–H groups in total. The number of rotatable bonds is 13. The average molecular weight is 490 g/mol. The first-order chi connectivity index (χ1) is 17.6. The SMILES string of the molecule is CCNc1nc(-c2ccc(NC(=O)NCc3cccnc3)cc2)ccc1C(=O)NCCCCCCN. The molecule has 0 saturated carbocycles. The van der Waals surface area contributed by atoms with E-state index in [0.29, 0.717) is 43.2 Å². The molecule has 9 heteroatoms. The van der Waals surface area contributed by atoms with Crippen molar-refractivity contribution in [2.75, 3.05) is 30.3 Å². The molecule has 2 aromatic heterocycles. The maximum Gasteiger partial charge on any atom is 0.319 e. The lowest BCUT2D eigenvalue weighted by atomic mass is 10.1. The molecule has 190 valence electrons. The number of benzene rings is 1. The van der Waals surface area contributed by atoms with Crippen molar-refractivity contribution < 1.29 is 9.59 Å². The van der Waals surface area contributed by atoms with Gasteiger partial charge in [0.25, 0.3) is 5.91 Å². The number of aromatic nitrogens is 2. The zero-order valence-electron chi connectivity index (χ0n) is 20.7. The van der Waals surface area contributed by atoms with Crippen molar-refractivity contribution in [3.63, 3.8) is 0 Å². The zero-order valence-corrected chi connectivity index (χ0v) is 20.7. The van der Waals surface area contributed by atoms with Gasteiger partial charge in [-0.1, -0.05) is 31.0 Å². The molecule has 0 unspecified atom stereocenters. The van der Waals surface area contributed by atoms with E-state index in [0.717, 1.165) is 42.5 Å². The standard InChI is InChI=1S/C27H35N7O2/c1-2-30-25-23(26(35)31-17-6-4-3-5-15-28)13-14-24(34-25)21-9-11-22(12-10-21)33-27(36)32-19-20-8-7-16-29-18-20/h7-14,16,18H,2-6,15,17,19,28H2,1H3,(H,30,34)(H,31,35)(H2,32,33,36). The summed E-state index contributed by atoms with van der Waals surface area (Å²) in [6.07, 6.45) is 7.47. The number of carbonyl (C=O) groups excluding carboxylic acids is 2. The molecule has 3 aromatic rings. The van der Waals surface area contributed by atoms with Crippen LogP contribution in [0.1, 0.15) is 48.5 Å². The van der Waals surface area contributed by atoms with Crippen molar-refractivity contribution in [1.82, 2.24) is 20.6 Å². The van der Waals surface area contributed by atoms with E-state index in [2.05, 4.69) is 31.2 Å². The average Bonchev–Trinajstić information content (AvgIpc) is 2.90. The van der Waals surface area contributed by atoms with Gasteiger partial charge in [0.1, 0.15) is 5.82 Å². The molecule has 9 nitrogen and oxygen atoms in total. The van der Waals surface area contributed by atoms with Gasteiger partial charge in [0.2, 0.25) is 0 Å². The zero-order chi connectivity index (χ0) is 25.6. The van der Waals surface area contributed by atoms with Crippen molar-refractivity contribution in [3.05, 3.63) is 72.1 Å². The maximum absolute atomic E-state index is 12.7. The molecule has 0 aliphatic rings. The highest BCUT2D eigenvalue weighted by Gasteiger charge is 2.14. The van der Waals surface area contributed by atoms with Gasteiger partial charge in [-0.2, -0.15) is 0 Å². The third kappa shape index (κ3) is 8.35. The minimum absolute atomic E-state index is 0.138. The van der Waals surface area contributed by atoms with E-state index in [1.807, 2.05) is 49.4 Å². The summed E-state index contributed by atoms with van der Waals surface area (Å²) in [7, 11) is 0. The summed E-state index contributed by atoms with van der Waals surface area (Å²) < 4.78 is 0. The van der Waals surface area contributed by atoms with Crippen molar-refractivity contribution in [2.24, 2.45) is 5.73 Å². The van der Waals surface area contributed by atoms with Gasteiger partial charge in [-0.3, -0.25) is 9.78 Å². The van der Waals surface area contributed by atoms with Gasteiger partial charge in [-0.25, -0.2) is 9.78 Å². The number of nitrogens with one attached hydrogen (secondary N) is 4. The first-order valence-electron chi connectivity index (χ1n) is 12.4. The number of carbonyl (C=O) groups is 2. The van der Waals surface area contributed by atoms with E-state index >= 15 is 0 Å². The molecular weight excluding hydrogens is 454 g/mol. The molecule has 0 aliphatic carbocycles. The number of amides is 3. The Morgan fingerprint density at radius 2 is 1.75 bits per heavy atom. The molecule has 0 aliphatic heterocycles. The van der Waals surface area contributed by atoms with Crippen LogP contribution in [0.4, 0.5) is 16.3 Å². The van der Waals surface area contributed by atoms with Crippen LogP contribution in [0.3, 0.4) is 0 Å². The third-order valence-electron chi connectivity index (χ3n) is 5.51. The van der Waals surface area contributed by atoms with Gasteiger partial charge in [0.15, 0.2) is 0 Å². The van der Waals surface area contributed by atoms with Crippen LogP contribution in [0.5, 0.6) is 0 Å². The molecule has 3 amide bonds. The van der Waals surface area contributed by atoms with Crippen molar-refractivity contribution in [3.8, 4) is 11.3 Å². The molecule has 2 heterocycles. The van der Waals surface area contributed by atoms with E-state index in [-0.39, 0.29) is 11.9 Å². The van der Waals surface area contributed by atoms with E-state index in [1.165, 1.54) is 0 Å². The van der Waals surface area contributed by atoms with Gasteiger partial charge in [-0.15, -0.1) is 0 Å². The fourth-order valence-electron chi connectivity index (χ4n) is 3.61. The normalized spacial score (nSPS) is 10.5. The van der Waals surface area contributed by atoms with Gasteiger partial charge >= 0.3 is 6.03 Å². The third-order valence-corrected chi connectivity index (χ3v) is 5.51. The maximum atomic E-state index is 12.7. The van der Waals surface area contributed by atoms with Crippen LogP contribution in [-0.2, 0) is 6.54 Å². The lowest BCUT2D eigenvalue weighted by Crippen LogP contribution is -2.28.